The molecule has 1 aliphatic rings. The van der Waals surface area contributed by atoms with Crippen molar-refractivity contribution in [3.05, 3.63) is 98.0 Å². The number of hydrogen-bond acceptors (Lipinski definition) is 4. The molecule has 10 heteroatoms. The summed E-state index contributed by atoms with van der Waals surface area (Å²) >= 11 is 18.2. The summed E-state index contributed by atoms with van der Waals surface area (Å²) in [5, 5.41) is 7.10. The van der Waals surface area contributed by atoms with Crippen molar-refractivity contribution in [2.45, 2.75) is 25.1 Å². The largest absolute Gasteiger partial charge is 0.435 e. The van der Waals surface area contributed by atoms with Gasteiger partial charge in [0.25, 0.3) is 5.60 Å². The third-order valence-electron chi connectivity index (χ3n) is 5.63. The summed E-state index contributed by atoms with van der Waals surface area (Å²) in [5.41, 5.74) is -0.647. The number of carbonyl (C=O) groups excluding carboxylic acids is 1. The molecule has 0 amide bonds. The van der Waals surface area contributed by atoms with Crippen LogP contribution in [-0.4, -0.2) is 24.2 Å². The van der Waals surface area contributed by atoms with Crippen molar-refractivity contribution in [3.63, 3.8) is 0 Å². The lowest BCUT2D eigenvalue weighted by Gasteiger charge is -2.29. The van der Waals surface area contributed by atoms with E-state index in [-0.39, 0.29) is 33.6 Å². The monoisotopic (exact) mass is 540 g/mol. The summed E-state index contributed by atoms with van der Waals surface area (Å²) in [6, 6.07) is 15.3. The lowest BCUT2D eigenvalue weighted by molar-refractivity contribution is -0.275. The minimum Gasteiger partial charge on any atom is -0.376 e. The highest BCUT2D eigenvalue weighted by atomic mass is 35.5. The highest BCUT2D eigenvalue weighted by Crippen LogP contribution is 2.49. The maximum atomic E-state index is 14.2. The van der Waals surface area contributed by atoms with Gasteiger partial charge in [0.1, 0.15) is 0 Å². The second kappa shape index (κ2) is 9.72. The van der Waals surface area contributed by atoms with Crippen LogP contribution in [0.4, 0.5) is 18.9 Å². The minimum absolute atomic E-state index is 0.0457. The van der Waals surface area contributed by atoms with Gasteiger partial charge in [0.15, 0.2) is 5.78 Å². The number of aryl methyl sites for hydroxylation is 1. The van der Waals surface area contributed by atoms with Gasteiger partial charge in [0, 0.05) is 33.2 Å². The predicted octanol–water partition coefficient (Wildman–Crippen LogP) is 7.83. The summed E-state index contributed by atoms with van der Waals surface area (Å²) in [6.45, 7) is 1.87. The highest BCUT2D eigenvalue weighted by molar-refractivity contribution is 6.34. The number of nitrogens with one attached hydrogen (secondary N) is 1. The Balaban J connectivity index is 1.57. The Kier molecular flexibility index (Phi) is 7.04. The maximum absolute atomic E-state index is 14.2. The van der Waals surface area contributed by atoms with Crippen LogP contribution in [0.3, 0.4) is 0 Å². The van der Waals surface area contributed by atoms with Crippen LogP contribution in [0.1, 0.15) is 33.5 Å². The standard InChI is InChI=1S/C25H18Cl3F3N2O2/c1-14-2-4-15(5-3-14)23(34)13-32-21-8-16(6-7-20(21)28)22-12-24(35-33-22,25(29,30)31)17-9-18(26)11-19(27)10-17/h2-11,32H,12-13H2,1H3. The zero-order chi connectivity index (χ0) is 25.4. The Hall–Kier alpha value is -2.74. The zero-order valence-corrected chi connectivity index (χ0v) is 20.5. The number of nitrogens with zero attached hydrogens (tertiary/aromatic N) is 1. The van der Waals surface area contributed by atoms with E-state index in [0.717, 1.165) is 17.7 Å². The van der Waals surface area contributed by atoms with Crippen molar-refractivity contribution >= 4 is 52.0 Å². The Morgan fingerprint density at radius 2 is 1.69 bits per heavy atom. The van der Waals surface area contributed by atoms with Gasteiger partial charge in [-0.1, -0.05) is 75.9 Å². The van der Waals surface area contributed by atoms with Crippen molar-refractivity contribution in [2.75, 3.05) is 11.9 Å². The molecule has 1 atom stereocenters. The van der Waals surface area contributed by atoms with E-state index >= 15 is 0 Å². The van der Waals surface area contributed by atoms with Crippen molar-refractivity contribution in [2.24, 2.45) is 5.16 Å². The zero-order valence-electron chi connectivity index (χ0n) is 18.2. The number of halogens is 6. The van der Waals surface area contributed by atoms with Crippen LogP contribution in [0.25, 0.3) is 0 Å². The quantitative estimate of drug-likeness (QED) is 0.324. The van der Waals surface area contributed by atoms with E-state index in [1.54, 1.807) is 12.1 Å². The van der Waals surface area contributed by atoms with Gasteiger partial charge in [0.05, 0.1) is 23.0 Å². The van der Waals surface area contributed by atoms with Crippen molar-refractivity contribution in [1.82, 2.24) is 0 Å². The molecule has 0 saturated heterocycles. The molecular weight excluding hydrogens is 524 g/mol. The van der Waals surface area contributed by atoms with E-state index in [1.165, 1.54) is 24.3 Å². The van der Waals surface area contributed by atoms with E-state index in [0.29, 0.717) is 21.8 Å². The summed E-state index contributed by atoms with van der Waals surface area (Å²) in [4.78, 5) is 17.5. The SMILES string of the molecule is Cc1ccc(C(=O)CNc2cc(C3=NOC(c4cc(Cl)cc(Cl)c4)(C(F)(F)F)C3)ccc2Cl)cc1. The molecule has 0 fully saturated rings. The van der Waals surface area contributed by atoms with Crippen LogP contribution < -0.4 is 5.32 Å². The number of hydrogen-bond donors (Lipinski definition) is 1. The second-order valence-electron chi connectivity index (χ2n) is 8.13. The van der Waals surface area contributed by atoms with Gasteiger partial charge >= 0.3 is 6.18 Å². The lowest BCUT2D eigenvalue weighted by Crippen LogP contribution is -2.42. The van der Waals surface area contributed by atoms with Gasteiger partial charge in [-0.25, -0.2) is 0 Å². The maximum Gasteiger partial charge on any atom is 0.435 e. The molecule has 0 spiro atoms. The number of Topliss-reactive ketones (excluding diaryl/α,β-unsaturated/α-hetero) is 1. The van der Waals surface area contributed by atoms with Gasteiger partial charge in [-0.3, -0.25) is 4.79 Å². The molecule has 1 N–H and O–H groups in total. The number of anilines is 1. The normalized spacial score (nSPS) is 17.6. The number of ketones is 1. The molecule has 0 saturated carbocycles. The molecule has 0 bridgehead atoms. The van der Waals surface area contributed by atoms with Gasteiger partial charge in [-0.05, 0) is 37.3 Å². The molecule has 3 aromatic rings. The molecule has 0 aromatic heterocycles. The molecule has 0 aliphatic carbocycles. The number of carbonyl (C=O) groups is 1. The fraction of sp³-hybridized carbons (Fsp3) is 0.200. The number of oxime groups is 1. The molecule has 4 rings (SSSR count). The van der Waals surface area contributed by atoms with Crippen molar-refractivity contribution in [3.8, 4) is 0 Å². The van der Waals surface area contributed by atoms with Gasteiger partial charge in [-0.2, -0.15) is 13.2 Å². The Bertz CT molecular complexity index is 1290. The summed E-state index contributed by atoms with van der Waals surface area (Å²) < 4.78 is 42.7. The predicted molar refractivity (Wildman–Crippen MR) is 132 cm³/mol. The lowest BCUT2D eigenvalue weighted by atomic mass is 9.86. The molecule has 3 aromatic carbocycles. The molecule has 1 unspecified atom stereocenters. The average molecular weight is 542 g/mol. The summed E-state index contributed by atoms with van der Waals surface area (Å²) in [6.07, 6.45) is -5.41. The molecule has 1 heterocycles. The first-order valence-corrected chi connectivity index (χ1v) is 11.5. The van der Waals surface area contributed by atoms with E-state index in [9.17, 15) is 18.0 Å². The Morgan fingerprint density at radius 3 is 2.31 bits per heavy atom. The van der Waals surface area contributed by atoms with Crippen LogP contribution in [0.2, 0.25) is 15.1 Å². The number of alkyl halides is 3. The molecule has 182 valence electrons. The van der Waals surface area contributed by atoms with Gasteiger partial charge in [-0.15, -0.1) is 0 Å². The van der Waals surface area contributed by atoms with E-state index in [4.69, 9.17) is 39.6 Å². The molecule has 1 aliphatic heterocycles. The topological polar surface area (TPSA) is 50.7 Å². The average Bonchev–Trinajstić information content (AvgIpc) is 3.25. The third kappa shape index (κ3) is 5.27. The summed E-state index contributed by atoms with van der Waals surface area (Å²) in [5.74, 6) is -0.165. The first kappa shape index (κ1) is 25.4. The van der Waals surface area contributed by atoms with Crippen LogP contribution in [0.5, 0.6) is 0 Å². The highest BCUT2D eigenvalue weighted by Gasteiger charge is 2.62. The first-order valence-electron chi connectivity index (χ1n) is 10.4. The van der Waals surface area contributed by atoms with E-state index in [2.05, 4.69) is 10.5 Å². The molecule has 4 nitrogen and oxygen atoms in total. The first-order chi connectivity index (χ1) is 16.5. The fourth-order valence-electron chi connectivity index (χ4n) is 3.70. The Labute approximate surface area is 214 Å². The van der Waals surface area contributed by atoms with Crippen molar-refractivity contribution < 1.29 is 22.8 Å². The molecular formula is C25H18Cl3F3N2O2. The van der Waals surface area contributed by atoms with Crippen LogP contribution >= 0.6 is 34.8 Å². The van der Waals surface area contributed by atoms with E-state index < -0.39 is 18.2 Å². The smallest absolute Gasteiger partial charge is 0.376 e. The Morgan fingerprint density at radius 1 is 1.03 bits per heavy atom. The van der Waals surface area contributed by atoms with Crippen LogP contribution in [0, 0.1) is 6.92 Å². The number of benzene rings is 3. The third-order valence-corrected chi connectivity index (χ3v) is 6.39. The second-order valence-corrected chi connectivity index (χ2v) is 9.41. The van der Waals surface area contributed by atoms with Gasteiger partial charge in [0.2, 0.25) is 0 Å². The van der Waals surface area contributed by atoms with Gasteiger partial charge < -0.3 is 10.2 Å². The van der Waals surface area contributed by atoms with Crippen LogP contribution in [0.15, 0.2) is 65.8 Å². The van der Waals surface area contributed by atoms with E-state index in [1.807, 2.05) is 19.1 Å². The van der Waals surface area contributed by atoms with Crippen molar-refractivity contribution in [1.29, 1.82) is 0 Å². The summed E-state index contributed by atoms with van der Waals surface area (Å²) in [7, 11) is 0. The minimum atomic E-state index is -4.81. The molecule has 0 radical (unpaired) electrons. The number of rotatable bonds is 6. The van der Waals surface area contributed by atoms with Crippen LogP contribution in [-0.2, 0) is 10.4 Å². The fourth-order valence-corrected chi connectivity index (χ4v) is 4.41. The molecule has 35 heavy (non-hydrogen) atoms.